The molecule has 0 aliphatic carbocycles. The number of para-hydroxylation sites is 1. The molecule has 0 bridgehead atoms. The van der Waals surface area contributed by atoms with Crippen molar-refractivity contribution in [3.63, 3.8) is 0 Å². The van der Waals surface area contributed by atoms with Gasteiger partial charge in [-0.3, -0.25) is 4.57 Å². The van der Waals surface area contributed by atoms with Crippen LogP contribution in [0.4, 0.5) is 0 Å². The molecule has 0 N–H and O–H groups in total. The first-order chi connectivity index (χ1) is 12.5. The zero-order valence-corrected chi connectivity index (χ0v) is 16.1. The SMILES string of the molecule is COCP(=O)(Oc1ccccc1)N(C)C(C)Cc1ccc2c(c1)OCO2. The van der Waals surface area contributed by atoms with E-state index in [1.807, 2.05) is 43.3 Å². The van der Waals surface area contributed by atoms with Gasteiger partial charge in [0.2, 0.25) is 6.79 Å². The zero-order chi connectivity index (χ0) is 18.6. The van der Waals surface area contributed by atoms with Gasteiger partial charge in [0.15, 0.2) is 11.5 Å². The standard InChI is InChI=1S/C19H24NO5P/c1-15(11-16-9-10-18-19(12-16)24-13-23-18)20(2)26(21,14-22-3)25-17-7-5-4-6-8-17/h4-10,12,15H,11,13-14H2,1-3H3. The van der Waals surface area contributed by atoms with Crippen LogP contribution >= 0.6 is 7.52 Å². The third-order valence-corrected chi connectivity index (χ3v) is 6.81. The predicted molar refractivity (Wildman–Crippen MR) is 100 cm³/mol. The average molecular weight is 377 g/mol. The number of fused-ring (bicyclic) bond motifs is 1. The molecule has 0 radical (unpaired) electrons. The van der Waals surface area contributed by atoms with Crippen LogP contribution in [0.2, 0.25) is 0 Å². The molecule has 140 valence electrons. The predicted octanol–water partition coefficient (Wildman–Crippen LogP) is 4.15. The molecule has 1 aliphatic rings. The molecule has 7 heteroatoms. The fraction of sp³-hybridized carbons (Fsp3) is 0.368. The topological polar surface area (TPSA) is 57.2 Å². The van der Waals surface area contributed by atoms with Gasteiger partial charge in [0, 0.05) is 13.2 Å². The molecule has 2 aromatic rings. The van der Waals surface area contributed by atoms with Crippen molar-refractivity contribution < 1.29 is 23.3 Å². The first kappa shape index (κ1) is 18.8. The van der Waals surface area contributed by atoms with Gasteiger partial charge in [0.1, 0.15) is 12.1 Å². The van der Waals surface area contributed by atoms with Crippen molar-refractivity contribution in [2.45, 2.75) is 19.4 Å². The van der Waals surface area contributed by atoms with Crippen LogP contribution < -0.4 is 14.0 Å². The first-order valence-electron chi connectivity index (χ1n) is 8.46. The van der Waals surface area contributed by atoms with Crippen molar-refractivity contribution in [2.24, 2.45) is 0 Å². The van der Waals surface area contributed by atoms with Crippen LogP contribution in [0, 0.1) is 0 Å². The fourth-order valence-corrected chi connectivity index (χ4v) is 4.66. The maximum Gasteiger partial charge on any atom is 0.344 e. The summed E-state index contributed by atoms with van der Waals surface area (Å²) >= 11 is 0. The van der Waals surface area contributed by atoms with Crippen LogP contribution in [0.25, 0.3) is 0 Å². The lowest BCUT2D eigenvalue weighted by molar-refractivity contribution is 0.174. The summed E-state index contributed by atoms with van der Waals surface area (Å²) in [6, 6.07) is 15.0. The van der Waals surface area contributed by atoms with Crippen molar-refractivity contribution >= 4 is 7.52 Å². The molecule has 0 saturated heterocycles. The molecule has 0 saturated carbocycles. The Balaban J connectivity index is 1.73. The Bertz CT molecular complexity index is 783. The van der Waals surface area contributed by atoms with Crippen molar-refractivity contribution in [2.75, 3.05) is 27.3 Å². The molecule has 6 nitrogen and oxygen atoms in total. The third-order valence-electron chi connectivity index (χ3n) is 4.37. The normalized spacial score (nSPS) is 16.3. The minimum atomic E-state index is -3.19. The Morgan fingerprint density at radius 2 is 1.88 bits per heavy atom. The summed E-state index contributed by atoms with van der Waals surface area (Å²) in [5, 5.41) is 0. The van der Waals surface area contributed by atoms with E-state index >= 15 is 0 Å². The Morgan fingerprint density at radius 3 is 2.62 bits per heavy atom. The number of rotatable bonds is 8. The van der Waals surface area contributed by atoms with Gasteiger partial charge in [-0.25, -0.2) is 4.67 Å². The van der Waals surface area contributed by atoms with Crippen LogP contribution in [0.15, 0.2) is 48.5 Å². The van der Waals surface area contributed by atoms with E-state index in [1.54, 1.807) is 23.9 Å². The molecular weight excluding hydrogens is 353 g/mol. The Hall–Kier alpha value is -2.01. The zero-order valence-electron chi connectivity index (χ0n) is 15.3. The van der Waals surface area contributed by atoms with E-state index in [2.05, 4.69) is 0 Å². The van der Waals surface area contributed by atoms with Crippen LogP contribution in [0.5, 0.6) is 17.2 Å². The summed E-state index contributed by atoms with van der Waals surface area (Å²) < 4.78 is 37.0. The quantitative estimate of drug-likeness (QED) is 0.644. The molecule has 2 atom stereocenters. The molecule has 0 amide bonds. The lowest BCUT2D eigenvalue weighted by Gasteiger charge is -2.32. The van der Waals surface area contributed by atoms with Crippen molar-refractivity contribution in [1.29, 1.82) is 0 Å². The second-order valence-corrected chi connectivity index (χ2v) is 8.62. The van der Waals surface area contributed by atoms with Crippen LogP contribution in [0.3, 0.4) is 0 Å². The summed E-state index contributed by atoms with van der Waals surface area (Å²) in [6.07, 6.45) is 0.711. The first-order valence-corrected chi connectivity index (χ1v) is 10.2. The lowest BCUT2D eigenvalue weighted by atomic mass is 10.1. The van der Waals surface area contributed by atoms with E-state index in [-0.39, 0.29) is 19.2 Å². The van der Waals surface area contributed by atoms with Gasteiger partial charge in [-0.15, -0.1) is 0 Å². The third kappa shape index (κ3) is 4.21. The second-order valence-electron chi connectivity index (χ2n) is 6.27. The monoisotopic (exact) mass is 377 g/mol. The summed E-state index contributed by atoms with van der Waals surface area (Å²) in [4.78, 5) is 0. The number of nitrogens with zero attached hydrogens (tertiary/aromatic N) is 1. The Labute approximate surface area is 154 Å². The summed E-state index contributed by atoms with van der Waals surface area (Å²) in [5.74, 6) is 2.07. The number of hydrogen-bond donors (Lipinski definition) is 0. The number of benzene rings is 2. The van der Waals surface area contributed by atoms with E-state index in [9.17, 15) is 4.57 Å². The van der Waals surface area contributed by atoms with Gasteiger partial charge in [0.25, 0.3) is 0 Å². The number of likely N-dealkylation sites (N-methyl/N-ethyl adjacent to an activating group) is 1. The smallest absolute Gasteiger partial charge is 0.344 e. The largest absolute Gasteiger partial charge is 0.454 e. The van der Waals surface area contributed by atoms with E-state index < -0.39 is 7.52 Å². The molecule has 0 fully saturated rings. The maximum absolute atomic E-state index is 13.4. The highest BCUT2D eigenvalue weighted by atomic mass is 31.2. The van der Waals surface area contributed by atoms with Crippen LogP contribution in [0.1, 0.15) is 12.5 Å². The van der Waals surface area contributed by atoms with E-state index in [0.29, 0.717) is 12.2 Å². The minimum absolute atomic E-state index is 0.0177. The summed E-state index contributed by atoms with van der Waals surface area (Å²) in [7, 11) is 0.145. The summed E-state index contributed by atoms with van der Waals surface area (Å²) in [5.41, 5.74) is 1.08. The molecule has 0 spiro atoms. The van der Waals surface area contributed by atoms with Gasteiger partial charge in [-0.05, 0) is 50.2 Å². The number of hydrogen-bond acceptors (Lipinski definition) is 5. The van der Waals surface area contributed by atoms with Gasteiger partial charge in [0.05, 0.1) is 0 Å². The highest BCUT2D eigenvalue weighted by Gasteiger charge is 2.34. The Morgan fingerprint density at radius 1 is 1.15 bits per heavy atom. The highest BCUT2D eigenvalue weighted by molar-refractivity contribution is 7.56. The molecule has 3 rings (SSSR count). The van der Waals surface area contributed by atoms with Crippen molar-refractivity contribution in [3.8, 4) is 17.2 Å². The van der Waals surface area contributed by atoms with Crippen molar-refractivity contribution in [3.05, 3.63) is 54.1 Å². The summed E-state index contributed by atoms with van der Waals surface area (Å²) in [6.45, 7) is 2.27. The number of ether oxygens (including phenoxy) is 3. The van der Waals surface area contributed by atoms with Crippen LogP contribution in [-0.4, -0.2) is 38.0 Å². The van der Waals surface area contributed by atoms with Gasteiger partial charge in [-0.2, -0.15) is 0 Å². The van der Waals surface area contributed by atoms with Crippen LogP contribution in [-0.2, 0) is 15.7 Å². The molecule has 0 aromatic heterocycles. The van der Waals surface area contributed by atoms with E-state index in [4.69, 9.17) is 18.7 Å². The van der Waals surface area contributed by atoms with E-state index in [1.165, 1.54) is 7.11 Å². The van der Waals surface area contributed by atoms with E-state index in [0.717, 1.165) is 17.1 Å². The molecular formula is C19H24NO5P. The van der Waals surface area contributed by atoms with Gasteiger partial charge < -0.3 is 18.7 Å². The molecule has 2 aromatic carbocycles. The fourth-order valence-electron chi connectivity index (χ4n) is 2.83. The molecule has 26 heavy (non-hydrogen) atoms. The minimum Gasteiger partial charge on any atom is -0.454 e. The van der Waals surface area contributed by atoms with Crippen molar-refractivity contribution in [1.82, 2.24) is 4.67 Å². The highest BCUT2D eigenvalue weighted by Crippen LogP contribution is 2.51. The molecule has 1 heterocycles. The molecule has 2 unspecified atom stereocenters. The maximum atomic E-state index is 13.4. The number of methoxy groups -OCH3 is 1. The lowest BCUT2D eigenvalue weighted by Crippen LogP contribution is -2.31. The average Bonchev–Trinajstić information content (AvgIpc) is 3.09. The van der Waals surface area contributed by atoms with Gasteiger partial charge >= 0.3 is 7.52 Å². The second kappa shape index (κ2) is 8.12. The van der Waals surface area contributed by atoms with Gasteiger partial charge in [-0.1, -0.05) is 24.3 Å². The Kier molecular flexibility index (Phi) is 5.87. The molecule has 1 aliphatic heterocycles.